The number of benzene rings is 2. The number of nitrogens with zero attached hydrogens (tertiary/aromatic N) is 3. The van der Waals surface area contributed by atoms with Gasteiger partial charge in [-0.05, 0) is 48.7 Å². The van der Waals surface area contributed by atoms with Gasteiger partial charge in [-0.1, -0.05) is 36.9 Å². The fourth-order valence-corrected chi connectivity index (χ4v) is 4.32. The molecule has 168 valence electrons. The molecule has 7 nitrogen and oxygen atoms in total. The van der Waals surface area contributed by atoms with Crippen LogP contribution in [0, 0.1) is 0 Å². The van der Waals surface area contributed by atoms with Crippen LogP contribution in [-0.4, -0.2) is 26.5 Å². The number of nitrogen functional groups attached to an aromatic ring is 1. The molecule has 1 aliphatic rings. The van der Waals surface area contributed by atoms with Crippen LogP contribution < -0.4 is 15.8 Å². The van der Waals surface area contributed by atoms with E-state index < -0.39 is 0 Å². The SMILES string of the molecule is C=CC(=O)N[C@H]1CCc2c(-c3ccc(Oc4ccccc4)cc3)c3c(N)ncnc3n2C1.S. The highest BCUT2D eigenvalue weighted by molar-refractivity contribution is 7.59. The number of fused-ring (bicyclic) bond motifs is 3. The number of rotatable bonds is 5. The normalized spacial score (nSPS) is 14.7. The molecule has 0 fully saturated rings. The Bertz CT molecular complexity index is 1300. The van der Waals surface area contributed by atoms with Crippen LogP contribution in [0.1, 0.15) is 12.1 Å². The summed E-state index contributed by atoms with van der Waals surface area (Å²) in [6, 6.07) is 17.7. The summed E-state index contributed by atoms with van der Waals surface area (Å²) < 4.78 is 8.08. The van der Waals surface area contributed by atoms with E-state index in [0.29, 0.717) is 12.4 Å². The fraction of sp³-hybridized carbons (Fsp3) is 0.160. The third-order valence-corrected chi connectivity index (χ3v) is 5.76. The van der Waals surface area contributed by atoms with E-state index in [-0.39, 0.29) is 25.4 Å². The molecular formula is C25H25N5O2S. The second-order valence-corrected chi connectivity index (χ2v) is 7.78. The second kappa shape index (κ2) is 9.38. The summed E-state index contributed by atoms with van der Waals surface area (Å²) >= 11 is 0. The van der Waals surface area contributed by atoms with Crippen LogP contribution in [0.2, 0.25) is 0 Å². The van der Waals surface area contributed by atoms with Crippen LogP contribution in [0.4, 0.5) is 5.82 Å². The zero-order valence-corrected chi connectivity index (χ0v) is 19.0. The smallest absolute Gasteiger partial charge is 0.243 e. The van der Waals surface area contributed by atoms with E-state index >= 15 is 0 Å². The van der Waals surface area contributed by atoms with Gasteiger partial charge in [0.05, 0.1) is 5.39 Å². The molecule has 3 N–H and O–H groups in total. The summed E-state index contributed by atoms with van der Waals surface area (Å²) in [4.78, 5) is 20.6. The van der Waals surface area contributed by atoms with Crippen molar-refractivity contribution in [1.82, 2.24) is 19.9 Å². The number of nitrogens with one attached hydrogen (secondary N) is 1. The van der Waals surface area contributed by atoms with Gasteiger partial charge in [0, 0.05) is 23.8 Å². The van der Waals surface area contributed by atoms with Crippen molar-refractivity contribution in [2.75, 3.05) is 5.73 Å². The highest BCUT2D eigenvalue weighted by Gasteiger charge is 2.28. The molecule has 0 bridgehead atoms. The Balaban J connectivity index is 0.00000259. The van der Waals surface area contributed by atoms with Crippen LogP contribution in [0.3, 0.4) is 0 Å². The predicted octanol–water partition coefficient (Wildman–Crippen LogP) is 4.20. The van der Waals surface area contributed by atoms with Crippen molar-refractivity contribution in [1.29, 1.82) is 0 Å². The number of ether oxygens (including phenoxy) is 1. The first kappa shape index (κ1) is 22.4. The summed E-state index contributed by atoms with van der Waals surface area (Å²) in [6.45, 7) is 4.17. The molecule has 0 saturated carbocycles. The van der Waals surface area contributed by atoms with Crippen molar-refractivity contribution < 1.29 is 9.53 Å². The van der Waals surface area contributed by atoms with Gasteiger partial charge in [0.25, 0.3) is 0 Å². The second-order valence-electron chi connectivity index (χ2n) is 7.78. The average molecular weight is 460 g/mol. The molecule has 0 unspecified atom stereocenters. The number of carbonyl (C=O) groups excluding carboxylic acids is 1. The van der Waals surface area contributed by atoms with E-state index in [1.807, 2.05) is 54.6 Å². The van der Waals surface area contributed by atoms with Gasteiger partial charge in [-0.25, -0.2) is 9.97 Å². The lowest BCUT2D eigenvalue weighted by molar-refractivity contribution is -0.117. The Labute approximate surface area is 198 Å². The van der Waals surface area contributed by atoms with Gasteiger partial charge in [0.1, 0.15) is 29.3 Å². The van der Waals surface area contributed by atoms with E-state index in [1.165, 1.54) is 12.4 Å². The molecule has 3 heterocycles. The lowest BCUT2D eigenvalue weighted by Crippen LogP contribution is -2.40. The molecule has 1 atom stereocenters. The van der Waals surface area contributed by atoms with Crippen LogP contribution in [-0.2, 0) is 17.8 Å². The molecule has 2 aromatic heterocycles. The van der Waals surface area contributed by atoms with Crippen LogP contribution in [0.15, 0.2) is 73.6 Å². The quantitative estimate of drug-likeness (QED) is 0.436. The zero-order valence-electron chi connectivity index (χ0n) is 18.0. The van der Waals surface area contributed by atoms with Crippen LogP contribution in [0.25, 0.3) is 22.2 Å². The van der Waals surface area contributed by atoms with Crippen molar-refractivity contribution in [2.24, 2.45) is 0 Å². The van der Waals surface area contributed by atoms with Gasteiger partial charge in [0.15, 0.2) is 0 Å². The van der Waals surface area contributed by atoms with E-state index in [2.05, 4.69) is 26.4 Å². The summed E-state index contributed by atoms with van der Waals surface area (Å²) in [5.41, 5.74) is 10.3. The largest absolute Gasteiger partial charge is 0.457 e. The highest BCUT2D eigenvalue weighted by atomic mass is 32.1. The van der Waals surface area contributed by atoms with E-state index in [9.17, 15) is 4.79 Å². The molecule has 4 aromatic rings. The molecule has 33 heavy (non-hydrogen) atoms. The molecule has 1 aliphatic heterocycles. The molecule has 0 aliphatic carbocycles. The van der Waals surface area contributed by atoms with Gasteiger partial charge in [0.2, 0.25) is 5.91 Å². The van der Waals surface area contributed by atoms with Gasteiger partial charge < -0.3 is 20.4 Å². The Morgan fingerprint density at radius 2 is 1.85 bits per heavy atom. The topological polar surface area (TPSA) is 95.1 Å². The number of hydrogen-bond acceptors (Lipinski definition) is 5. The number of carbonyl (C=O) groups is 1. The van der Waals surface area contributed by atoms with Gasteiger partial charge in [-0.3, -0.25) is 4.79 Å². The number of nitrogens with two attached hydrogens (primary N) is 1. The lowest BCUT2D eigenvalue weighted by Gasteiger charge is -2.26. The van der Waals surface area contributed by atoms with E-state index in [4.69, 9.17) is 10.5 Å². The fourth-order valence-electron chi connectivity index (χ4n) is 4.32. The highest BCUT2D eigenvalue weighted by Crippen LogP contribution is 2.39. The maximum Gasteiger partial charge on any atom is 0.243 e. The number of amides is 1. The van der Waals surface area contributed by atoms with E-state index in [1.54, 1.807) is 0 Å². The van der Waals surface area contributed by atoms with Crippen molar-refractivity contribution in [2.45, 2.75) is 25.4 Å². The first-order chi connectivity index (χ1) is 15.6. The number of anilines is 1. The minimum absolute atomic E-state index is 0. The van der Waals surface area contributed by atoms with Crippen molar-refractivity contribution in [3.05, 3.63) is 79.3 Å². The molecule has 0 saturated heterocycles. The monoisotopic (exact) mass is 459 g/mol. The zero-order chi connectivity index (χ0) is 22.1. The first-order valence-corrected chi connectivity index (χ1v) is 10.5. The molecular weight excluding hydrogens is 434 g/mol. The van der Waals surface area contributed by atoms with Crippen molar-refractivity contribution in [3.63, 3.8) is 0 Å². The maximum atomic E-state index is 11.8. The van der Waals surface area contributed by atoms with Gasteiger partial charge in [-0.2, -0.15) is 13.5 Å². The average Bonchev–Trinajstić information content (AvgIpc) is 3.15. The van der Waals surface area contributed by atoms with Gasteiger partial charge in [-0.15, -0.1) is 0 Å². The summed E-state index contributed by atoms with van der Waals surface area (Å²) in [5, 5.41) is 3.84. The van der Waals surface area contributed by atoms with Crippen molar-refractivity contribution >= 4 is 36.3 Å². The standard InChI is InChI=1S/C25H23N5O2.H2S/c1-2-21(31)29-17-10-13-20-22(23-24(26)27-15-28-25(23)30(20)14-17)16-8-11-19(12-9-16)32-18-6-4-3-5-7-18;/h2-9,11-12,15,17H,1,10,13-14H2,(H,29,31)(H2,26,27,28);1H2/t17-;/m0./s1. The van der Waals surface area contributed by atoms with Crippen LogP contribution in [0.5, 0.6) is 11.5 Å². The summed E-state index contributed by atoms with van der Waals surface area (Å²) in [7, 11) is 0. The maximum absolute atomic E-state index is 11.8. The summed E-state index contributed by atoms with van der Waals surface area (Å²) in [5.74, 6) is 1.83. The number of aromatic nitrogens is 3. The molecule has 2 aromatic carbocycles. The van der Waals surface area contributed by atoms with Crippen LogP contribution >= 0.6 is 13.5 Å². The number of hydrogen-bond donors (Lipinski definition) is 2. The Hall–Kier alpha value is -3.78. The summed E-state index contributed by atoms with van der Waals surface area (Å²) in [6.07, 6.45) is 4.40. The Kier molecular flexibility index (Phi) is 6.37. The minimum Gasteiger partial charge on any atom is -0.457 e. The van der Waals surface area contributed by atoms with E-state index in [0.717, 1.165) is 52.2 Å². The lowest BCUT2D eigenvalue weighted by atomic mass is 9.97. The third-order valence-electron chi connectivity index (χ3n) is 5.76. The molecule has 0 radical (unpaired) electrons. The molecule has 8 heteroatoms. The molecule has 0 spiro atoms. The minimum atomic E-state index is -0.168. The first-order valence-electron chi connectivity index (χ1n) is 10.5. The molecule has 1 amide bonds. The Morgan fingerprint density at radius 1 is 1.12 bits per heavy atom. The molecule has 5 rings (SSSR count). The number of para-hydroxylation sites is 1. The van der Waals surface area contributed by atoms with Crippen molar-refractivity contribution in [3.8, 4) is 22.6 Å². The predicted molar refractivity (Wildman–Crippen MR) is 135 cm³/mol. The third kappa shape index (κ3) is 4.29. The Morgan fingerprint density at radius 3 is 2.58 bits per heavy atom. The van der Waals surface area contributed by atoms with Gasteiger partial charge >= 0.3 is 0 Å².